The standard InChI is InChI=1S/C12H14ClF3O2/c1-17-8-3-4-11(18-2)9(7-8)10(13)5-6-12(14,15)16/h3-4,7,10H,5-6H2,1-2H3. The van der Waals surface area contributed by atoms with Gasteiger partial charge in [-0.1, -0.05) is 0 Å². The Hall–Kier alpha value is -1.10. The van der Waals surface area contributed by atoms with Crippen molar-refractivity contribution in [1.29, 1.82) is 0 Å². The molecule has 0 N–H and O–H groups in total. The zero-order valence-corrected chi connectivity index (χ0v) is 10.8. The fraction of sp³-hybridized carbons (Fsp3) is 0.500. The molecule has 6 heteroatoms. The second-order valence-corrected chi connectivity index (χ2v) is 4.26. The molecule has 0 amide bonds. The Morgan fingerprint density at radius 3 is 2.39 bits per heavy atom. The minimum Gasteiger partial charge on any atom is -0.497 e. The molecule has 0 saturated heterocycles. The van der Waals surface area contributed by atoms with Gasteiger partial charge < -0.3 is 9.47 Å². The molecule has 0 saturated carbocycles. The average Bonchev–Trinajstić information content (AvgIpc) is 2.34. The average molecular weight is 283 g/mol. The fourth-order valence-corrected chi connectivity index (χ4v) is 1.81. The molecule has 1 aromatic carbocycles. The van der Waals surface area contributed by atoms with Crippen LogP contribution in [0.25, 0.3) is 0 Å². The van der Waals surface area contributed by atoms with Crippen LogP contribution >= 0.6 is 11.6 Å². The predicted molar refractivity (Wildman–Crippen MR) is 63.4 cm³/mol. The van der Waals surface area contributed by atoms with Crippen molar-refractivity contribution in [1.82, 2.24) is 0 Å². The Morgan fingerprint density at radius 1 is 1.22 bits per heavy atom. The van der Waals surface area contributed by atoms with Crippen LogP contribution in [0.3, 0.4) is 0 Å². The number of rotatable bonds is 5. The zero-order valence-electron chi connectivity index (χ0n) is 10.1. The third kappa shape index (κ3) is 4.29. The first kappa shape index (κ1) is 15.0. The lowest BCUT2D eigenvalue weighted by Crippen LogP contribution is -2.08. The summed E-state index contributed by atoms with van der Waals surface area (Å²) in [7, 11) is 2.92. The number of ether oxygens (including phenoxy) is 2. The van der Waals surface area contributed by atoms with E-state index in [9.17, 15) is 13.2 Å². The van der Waals surface area contributed by atoms with Crippen LogP contribution < -0.4 is 9.47 Å². The molecule has 102 valence electrons. The Labute approximate surface area is 109 Å². The Kier molecular flexibility index (Phi) is 5.14. The van der Waals surface area contributed by atoms with E-state index in [4.69, 9.17) is 21.1 Å². The van der Waals surface area contributed by atoms with Crippen LogP contribution in [0.4, 0.5) is 13.2 Å². The highest BCUT2D eigenvalue weighted by atomic mass is 35.5. The van der Waals surface area contributed by atoms with Gasteiger partial charge in [-0.15, -0.1) is 11.6 Å². The molecule has 1 unspecified atom stereocenters. The first-order valence-electron chi connectivity index (χ1n) is 5.30. The first-order valence-corrected chi connectivity index (χ1v) is 5.73. The maximum Gasteiger partial charge on any atom is 0.389 e. The largest absolute Gasteiger partial charge is 0.497 e. The van der Waals surface area contributed by atoms with Crippen LogP contribution in [-0.4, -0.2) is 20.4 Å². The van der Waals surface area contributed by atoms with E-state index in [1.54, 1.807) is 18.2 Å². The smallest absolute Gasteiger partial charge is 0.389 e. The maximum atomic E-state index is 12.1. The van der Waals surface area contributed by atoms with E-state index in [0.29, 0.717) is 17.1 Å². The predicted octanol–water partition coefficient (Wildman–Crippen LogP) is 4.33. The van der Waals surface area contributed by atoms with Crippen LogP contribution in [0, 0.1) is 0 Å². The van der Waals surface area contributed by atoms with E-state index in [0.717, 1.165) is 0 Å². The number of methoxy groups -OCH3 is 2. The van der Waals surface area contributed by atoms with Gasteiger partial charge in [0.1, 0.15) is 11.5 Å². The van der Waals surface area contributed by atoms with E-state index in [1.165, 1.54) is 14.2 Å². The highest BCUT2D eigenvalue weighted by molar-refractivity contribution is 6.21. The Bertz CT molecular complexity index is 393. The van der Waals surface area contributed by atoms with Gasteiger partial charge in [-0.05, 0) is 24.6 Å². The van der Waals surface area contributed by atoms with Gasteiger partial charge in [0.2, 0.25) is 0 Å². The molecule has 0 heterocycles. The van der Waals surface area contributed by atoms with E-state index in [1.807, 2.05) is 0 Å². The van der Waals surface area contributed by atoms with Gasteiger partial charge in [-0.25, -0.2) is 0 Å². The van der Waals surface area contributed by atoms with E-state index in [2.05, 4.69) is 0 Å². The molecule has 0 bridgehead atoms. The summed E-state index contributed by atoms with van der Waals surface area (Å²) in [5.41, 5.74) is 0.503. The van der Waals surface area contributed by atoms with Crippen LogP contribution in [0.5, 0.6) is 11.5 Å². The van der Waals surface area contributed by atoms with Crippen molar-refractivity contribution in [2.45, 2.75) is 24.4 Å². The molecule has 2 nitrogen and oxygen atoms in total. The lowest BCUT2D eigenvalue weighted by Gasteiger charge is -2.16. The summed E-state index contributed by atoms with van der Waals surface area (Å²) in [6, 6.07) is 4.87. The van der Waals surface area contributed by atoms with Crippen molar-refractivity contribution < 1.29 is 22.6 Å². The summed E-state index contributed by atoms with van der Waals surface area (Å²) < 4.78 is 46.5. The van der Waals surface area contributed by atoms with Gasteiger partial charge in [0.15, 0.2) is 0 Å². The van der Waals surface area contributed by atoms with Crippen molar-refractivity contribution in [2.24, 2.45) is 0 Å². The van der Waals surface area contributed by atoms with Gasteiger partial charge >= 0.3 is 6.18 Å². The second kappa shape index (κ2) is 6.18. The van der Waals surface area contributed by atoms with Crippen LogP contribution in [0.1, 0.15) is 23.8 Å². The number of halogens is 4. The molecule has 0 aliphatic rings. The second-order valence-electron chi connectivity index (χ2n) is 3.73. The lowest BCUT2D eigenvalue weighted by atomic mass is 10.1. The van der Waals surface area contributed by atoms with Gasteiger partial charge in [0, 0.05) is 12.0 Å². The molecule has 1 rings (SSSR count). The van der Waals surface area contributed by atoms with Crippen molar-refractivity contribution >= 4 is 11.6 Å². The van der Waals surface area contributed by atoms with Crippen LogP contribution in [-0.2, 0) is 0 Å². The highest BCUT2D eigenvalue weighted by Crippen LogP contribution is 2.37. The summed E-state index contributed by atoms with van der Waals surface area (Å²) in [5, 5.41) is -0.767. The summed E-state index contributed by atoms with van der Waals surface area (Å²) in [4.78, 5) is 0. The van der Waals surface area contributed by atoms with Crippen molar-refractivity contribution in [2.75, 3.05) is 14.2 Å². The summed E-state index contributed by atoms with van der Waals surface area (Å²) in [6.45, 7) is 0. The van der Waals surface area contributed by atoms with Gasteiger partial charge in [-0.3, -0.25) is 0 Å². The molecule has 1 atom stereocenters. The lowest BCUT2D eigenvalue weighted by molar-refractivity contribution is -0.135. The van der Waals surface area contributed by atoms with Crippen LogP contribution in [0.2, 0.25) is 0 Å². The minimum absolute atomic E-state index is 0.200. The van der Waals surface area contributed by atoms with Crippen LogP contribution in [0.15, 0.2) is 18.2 Å². The molecule has 0 fully saturated rings. The molecule has 1 aromatic rings. The molecule has 0 aliphatic carbocycles. The third-order valence-electron chi connectivity index (χ3n) is 2.46. The van der Waals surface area contributed by atoms with Crippen molar-refractivity contribution in [3.8, 4) is 11.5 Å². The molecular formula is C12H14ClF3O2. The maximum absolute atomic E-state index is 12.1. The van der Waals surface area contributed by atoms with Gasteiger partial charge in [0.05, 0.1) is 19.6 Å². The molecule has 0 spiro atoms. The van der Waals surface area contributed by atoms with E-state index >= 15 is 0 Å². The molecule has 0 aliphatic heterocycles. The fourth-order valence-electron chi connectivity index (χ4n) is 1.53. The van der Waals surface area contributed by atoms with Gasteiger partial charge in [0.25, 0.3) is 0 Å². The Morgan fingerprint density at radius 2 is 1.89 bits per heavy atom. The highest BCUT2D eigenvalue weighted by Gasteiger charge is 2.29. The summed E-state index contributed by atoms with van der Waals surface area (Å²) in [5.74, 6) is 0.987. The zero-order chi connectivity index (χ0) is 13.8. The van der Waals surface area contributed by atoms with Crippen molar-refractivity contribution in [3.63, 3.8) is 0 Å². The molecule has 18 heavy (non-hydrogen) atoms. The molecular weight excluding hydrogens is 269 g/mol. The topological polar surface area (TPSA) is 18.5 Å². The van der Waals surface area contributed by atoms with Gasteiger partial charge in [-0.2, -0.15) is 13.2 Å². The third-order valence-corrected chi connectivity index (χ3v) is 2.91. The quantitative estimate of drug-likeness (QED) is 0.749. The summed E-state index contributed by atoms with van der Waals surface area (Å²) >= 11 is 5.99. The molecule has 0 aromatic heterocycles. The summed E-state index contributed by atoms with van der Waals surface area (Å²) in [6.07, 6.45) is -5.34. The first-order chi connectivity index (χ1) is 8.37. The van der Waals surface area contributed by atoms with Crippen molar-refractivity contribution in [3.05, 3.63) is 23.8 Å². The Balaban J connectivity index is 2.85. The SMILES string of the molecule is COc1ccc(OC)c(C(Cl)CCC(F)(F)F)c1. The number of hydrogen-bond acceptors (Lipinski definition) is 2. The van der Waals surface area contributed by atoms with E-state index < -0.39 is 18.0 Å². The monoisotopic (exact) mass is 282 g/mol. The number of benzene rings is 1. The minimum atomic E-state index is -4.21. The normalized spacial score (nSPS) is 13.2. The van der Waals surface area contributed by atoms with E-state index in [-0.39, 0.29) is 6.42 Å². The number of alkyl halides is 4. The number of hydrogen-bond donors (Lipinski definition) is 0. The molecule has 0 radical (unpaired) electrons.